The number of halogens is 1. The minimum atomic E-state index is -0.189. The Kier molecular flexibility index (Phi) is 5.36. The maximum absolute atomic E-state index is 13.8. The van der Waals surface area contributed by atoms with Crippen LogP contribution in [-0.4, -0.2) is 36.1 Å². The van der Waals surface area contributed by atoms with E-state index in [2.05, 4.69) is 34.3 Å². The van der Waals surface area contributed by atoms with Crippen molar-refractivity contribution in [3.05, 3.63) is 65.2 Å². The molecular weight excluding hydrogens is 289 g/mol. The number of aryl methyl sites for hydroxylation is 1. The fourth-order valence-electron chi connectivity index (χ4n) is 3.18. The van der Waals surface area contributed by atoms with E-state index in [0.717, 1.165) is 50.3 Å². The van der Waals surface area contributed by atoms with E-state index < -0.39 is 0 Å². The SMILES string of the molecule is CCc1ccc(C(c2cccc(F)c2)N2CCCNCC2)nc1. The van der Waals surface area contributed by atoms with Gasteiger partial charge in [-0.05, 0) is 48.7 Å². The van der Waals surface area contributed by atoms with Crippen molar-refractivity contribution in [2.24, 2.45) is 0 Å². The quantitative estimate of drug-likeness (QED) is 0.940. The normalized spacial score (nSPS) is 17.7. The highest BCUT2D eigenvalue weighted by atomic mass is 19.1. The summed E-state index contributed by atoms with van der Waals surface area (Å²) < 4.78 is 13.8. The lowest BCUT2D eigenvalue weighted by atomic mass is 10.00. The average Bonchev–Trinajstić information content (AvgIpc) is 2.85. The first-order valence-electron chi connectivity index (χ1n) is 8.43. The Morgan fingerprint density at radius 3 is 2.87 bits per heavy atom. The van der Waals surface area contributed by atoms with Crippen molar-refractivity contribution in [1.29, 1.82) is 0 Å². The Labute approximate surface area is 137 Å². The fourth-order valence-corrected chi connectivity index (χ4v) is 3.18. The van der Waals surface area contributed by atoms with Crippen LogP contribution < -0.4 is 5.32 Å². The van der Waals surface area contributed by atoms with E-state index in [9.17, 15) is 4.39 Å². The first kappa shape index (κ1) is 16.1. The number of nitrogens with one attached hydrogen (secondary N) is 1. The third-order valence-corrected chi connectivity index (χ3v) is 4.44. The van der Waals surface area contributed by atoms with Crippen molar-refractivity contribution in [1.82, 2.24) is 15.2 Å². The Balaban J connectivity index is 1.97. The van der Waals surface area contributed by atoms with Gasteiger partial charge < -0.3 is 5.32 Å². The van der Waals surface area contributed by atoms with Gasteiger partial charge in [-0.3, -0.25) is 9.88 Å². The highest BCUT2D eigenvalue weighted by Gasteiger charge is 2.24. The molecule has 0 spiro atoms. The summed E-state index contributed by atoms with van der Waals surface area (Å²) in [6.45, 7) is 6.05. The maximum atomic E-state index is 13.8. The molecule has 0 saturated carbocycles. The highest BCUT2D eigenvalue weighted by molar-refractivity contribution is 5.29. The van der Waals surface area contributed by atoms with Crippen LogP contribution in [0.2, 0.25) is 0 Å². The van der Waals surface area contributed by atoms with E-state index in [-0.39, 0.29) is 11.9 Å². The van der Waals surface area contributed by atoms with Crippen molar-refractivity contribution >= 4 is 0 Å². The minimum absolute atomic E-state index is 0.0107. The lowest BCUT2D eigenvalue weighted by Gasteiger charge is -2.30. The lowest BCUT2D eigenvalue weighted by Crippen LogP contribution is -2.33. The Bertz CT molecular complexity index is 619. The summed E-state index contributed by atoms with van der Waals surface area (Å²) in [5.74, 6) is -0.189. The summed E-state index contributed by atoms with van der Waals surface area (Å²) >= 11 is 0. The molecule has 0 amide bonds. The molecule has 3 nitrogen and oxygen atoms in total. The second-order valence-electron chi connectivity index (χ2n) is 6.04. The second kappa shape index (κ2) is 7.66. The van der Waals surface area contributed by atoms with Gasteiger partial charge in [0.2, 0.25) is 0 Å². The molecule has 4 heteroatoms. The molecule has 1 aliphatic rings. The van der Waals surface area contributed by atoms with Crippen LogP contribution in [-0.2, 0) is 6.42 Å². The predicted octanol–water partition coefficient (Wildman–Crippen LogP) is 3.17. The molecule has 1 aromatic carbocycles. The van der Waals surface area contributed by atoms with Crippen molar-refractivity contribution in [2.45, 2.75) is 25.8 Å². The zero-order valence-electron chi connectivity index (χ0n) is 13.6. The zero-order valence-corrected chi connectivity index (χ0v) is 13.6. The fraction of sp³-hybridized carbons (Fsp3) is 0.421. The molecule has 1 saturated heterocycles. The van der Waals surface area contributed by atoms with Crippen molar-refractivity contribution in [3.8, 4) is 0 Å². The van der Waals surface area contributed by atoms with Crippen LogP contribution in [0.3, 0.4) is 0 Å². The molecule has 2 heterocycles. The molecule has 3 rings (SSSR count). The van der Waals surface area contributed by atoms with Gasteiger partial charge in [-0.15, -0.1) is 0 Å². The third kappa shape index (κ3) is 3.95. The number of aromatic nitrogens is 1. The van der Waals surface area contributed by atoms with Crippen LogP contribution in [0.15, 0.2) is 42.6 Å². The van der Waals surface area contributed by atoms with Crippen LogP contribution in [0.5, 0.6) is 0 Å². The van der Waals surface area contributed by atoms with Gasteiger partial charge in [0.25, 0.3) is 0 Å². The van der Waals surface area contributed by atoms with Crippen molar-refractivity contribution in [2.75, 3.05) is 26.2 Å². The van der Waals surface area contributed by atoms with Gasteiger partial charge in [-0.1, -0.05) is 25.1 Å². The summed E-state index contributed by atoms with van der Waals surface area (Å²) in [5, 5.41) is 3.43. The number of hydrogen-bond acceptors (Lipinski definition) is 3. The summed E-state index contributed by atoms with van der Waals surface area (Å²) in [4.78, 5) is 7.08. The molecule has 0 aliphatic carbocycles. The van der Waals surface area contributed by atoms with Crippen LogP contribution >= 0.6 is 0 Å². The van der Waals surface area contributed by atoms with E-state index in [1.807, 2.05) is 12.3 Å². The van der Waals surface area contributed by atoms with E-state index in [1.165, 1.54) is 11.6 Å². The number of hydrogen-bond donors (Lipinski definition) is 1. The van der Waals surface area contributed by atoms with Crippen LogP contribution in [0, 0.1) is 5.82 Å². The maximum Gasteiger partial charge on any atom is 0.123 e. The molecule has 1 atom stereocenters. The topological polar surface area (TPSA) is 28.2 Å². The van der Waals surface area contributed by atoms with Gasteiger partial charge in [-0.25, -0.2) is 4.39 Å². The third-order valence-electron chi connectivity index (χ3n) is 4.44. The van der Waals surface area contributed by atoms with Gasteiger partial charge in [0, 0.05) is 25.8 Å². The molecule has 1 unspecified atom stereocenters. The smallest absolute Gasteiger partial charge is 0.123 e. The van der Waals surface area contributed by atoms with Crippen LogP contribution in [0.25, 0.3) is 0 Å². The largest absolute Gasteiger partial charge is 0.315 e. The summed E-state index contributed by atoms with van der Waals surface area (Å²) in [7, 11) is 0. The molecular formula is C19H24FN3. The summed E-state index contributed by atoms with van der Waals surface area (Å²) in [6, 6.07) is 11.2. The summed E-state index contributed by atoms with van der Waals surface area (Å²) in [5.41, 5.74) is 3.20. The van der Waals surface area contributed by atoms with Gasteiger partial charge in [0.15, 0.2) is 0 Å². The molecule has 1 aromatic heterocycles. The molecule has 122 valence electrons. The van der Waals surface area contributed by atoms with Gasteiger partial charge >= 0.3 is 0 Å². The number of pyridine rings is 1. The van der Waals surface area contributed by atoms with E-state index in [0.29, 0.717) is 0 Å². The van der Waals surface area contributed by atoms with Crippen LogP contribution in [0.1, 0.15) is 36.2 Å². The standard InChI is InChI=1S/C19H24FN3/c1-2-15-7-8-18(22-14-15)19(16-5-3-6-17(20)13-16)23-11-4-9-21-10-12-23/h3,5-8,13-14,19,21H,2,4,9-12H2,1H3. The minimum Gasteiger partial charge on any atom is -0.315 e. The van der Waals surface area contributed by atoms with E-state index in [4.69, 9.17) is 0 Å². The van der Waals surface area contributed by atoms with Gasteiger partial charge in [-0.2, -0.15) is 0 Å². The zero-order chi connectivity index (χ0) is 16.1. The predicted molar refractivity (Wildman–Crippen MR) is 90.9 cm³/mol. The molecule has 2 aromatic rings. The second-order valence-corrected chi connectivity index (χ2v) is 6.04. The summed E-state index contributed by atoms with van der Waals surface area (Å²) in [6.07, 6.45) is 4.02. The number of rotatable bonds is 4. The molecule has 0 bridgehead atoms. The molecule has 1 N–H and O–H groups in total. The highest BCUT2D eigenvalue weighted by Crippen LogP contribution is 2.28. The van der Waals surface area contributed by atoms with Crippen molar-refractivity contribution in [3.63, 3.8) is 0 Å². The average molecular weight is 313 g/mol. The lowest BCUT2D eigenvalue weighted by molar-refractivity contribution is 0.237. The molecule has 1 fully saturated rings. The monoisotopic (exact) mass is 313 g/mol. The Morgan fingerprint density at radius 2 is 2.13 bits per heavy atom. The molecule has 1 aliphatic heterocycles. The van der Waals surface area contributed by atoms with E-state index in [1.54, 1.807) is 12.1 Å². The first-order chi connectivity index (χ1) is 11.3. The van der Waals surface area contributed by atoms with Gasteiger partial charge in [0.1, 0.15) is 5.82 Å². The van der Waals surface area contributed by atoms with Crippen molar-refractivity contribution < 1.29 is 4.39 Å². The number of nitrogens with zero attached hydrogens (tertiary/aromatic N) is 2. The first-order valence-corrected chi connectivity index (χ1v) is 8.43. The molecule has 23 heavy (non-hydrogen) atoms. The molecule has 0 radical (unpaired) electrons. The van der Waals surface area contributed by atoms with Crippen LogP contribution in [0.4, 0.5) is 4.39 Å². The van der Waals surface area contributed by atoms with Gasteiger partial charge in [0.05, 0.1) is 11.7 Å². The number of benzene rings is 1. The Morgan fingerprint density at radius 1 is 1.22 bits per heavy atom. The van der Waals surface area contributed by atoms with E-state index >= 15 is 0 Å². The Hall–Kier alpha value is -1.78.